The predicted octanol–water partition coefficient (Wildman–Crippen LogP) is 3.78. The predicted molar refractivity (Wildman–Crippen MR) is 79.5 cm³/mol. The van der Waals surface area contributed by atoms with Gasteiger partial charge in [-0.3, -0.25) is 4.98 Å². The number of aryl methyl sites for hydroxylation is 1. The van der Waals surface area contributed by atoms with Crippen LogP contribution in [0.2, 0.25) is 0 Å². The second-order valence-electron chi connectivity index (χ2n) is 4.62. The van der Waals surface area contributed by atoms with Gasteiger partial charge in [-0.1, -0.05) is 12.1 Å². The molecule has 98 valence electrons. The highest BCUT2D eigenvalue weighted by molar-refractivity contribution is 9.10. The van der Waals surface area contributed by atoms with Crippen molar-refractivity contribution >= 4 is 21.6 Å². The van der Waals surface area contributed by atoms with Crippen LogP contribution in [0.1, 0.15) is 17.5 Å². The average molecular weight is 319 g/mol. The van der Waals surface area contributed by atoms with Gasteiger partial charge in [-0.2, -0.15) is 0 Å². The number of fused-ring (bicyclic) bond motifs is 1. The Labute approximate surface area is 121 Å². The molecule has 1 N–H and O–H groups in total. The van der Waals surface area contributed by atoms with Crippen LogP contribution >= 0.6 is 15.9 Å². The van der Waals surface area contributed by atoms with E-state index in [4.69, 9.17) is 4.74 Å². The van der Waals surface area contributed by atoms with Crippen LogP contribution in [-0.4, -0.2) is 11.5 Å². The third-order valence-corrected chi connectivity index (χ3v) is 3.63. The molecule has 0 bridgehead atoms. The molecule has 0 saturated carbocycles. The summed E-state index contributed by atoms with van der Waals surface area (Å²) in [6, 6.07) is 8.26. The first-order chi connectivity index (χ1) is 9.33. The third-order valence-electron chi connectivity index (χ3n) is 3.19. The van der Waals surface area contributed by atoms with Crippen LogP contribution in [-0.2, 0) is 13.0 Å². The minimum atomic E-state index is 0.532. The van der Waals surface area contributed by atoms with E-state index in [2.05, 4.69) is 38.4 Å². The highest BCUT2D eigenvalue weighted by Crippen LogP contribution is 2.32. The molecule has 1 aromatic carbocycles. The summed E-state index contributed by atoms with van der Waals surface area (Å²) in [7, 11) is 0. The minimum Gasteiger partial charge on any atom is -0.487 e. The van der Waals surface area contributed by atoms with E-state index in [1.54, 1.807) is 6.20 Å². The number of hydrogen-bond acceptors (Lipinski definition) is 3. The lowest BCUT2D eigenvalue weighted by Crippen LogP contribution is -2.13. The van der Waals surface area contributed by atoms with Gasteiger partial charge in [0.15, 0.2) is 0 Å². The summed E-state index contributed by atoms with van der Waals surface area (Å²) in [5.74, 6) is 0.928. The molecular weight excluding hydrogens is 304 g/mol. The fourth-order valence-corrected chi connectivity index (χ4v) is 2.71. The molecule has 0 amide bonds. The molecule has 0 unspecified atom stereocenters. The molecule has 1 aromatic heterocycles. The second-order valence-corrected chi connectivity index (χ2v) is 5.54. The first-order valence-electron chi connectivity index (χ1n) is 6.41. The maximum absolute atomic E-state index is 5.92. The fraction of sp³-hybridized carbons (Fsp3) is 0.267. The number of hydrogen-bond donors (Lipinski definition) is 1. The summed E-state index contributed by atoms with van der Waals surface area (Å²) in [5.41, 5.74) is 3.55. The van der Waals surface area contributed by atoms with Crippen LogP contribution in [0.25, 0.3) is 0 Å². The second kappa shape index (κ2) is 5.61. The van der Waals surface area contributed by atoms with Crippen molar-refractivity contribution in [3.63, 3.8) is 0 Å². The van der Waals surface area contributed by atoms with E-state index in [0.717, 1.165) is 34.4 Å². The Morgan fingerprint density at radius 1 is 1.32 bits per heavy atom. The van der Waals surface area contributed by atoms with E-state index in [1.165, 1.54) is 12.0 Å². The molecular formula is C15H15BrN2O. The number of pyridine rings is 1. The SMILES string of the molecule is Brc1cncc(COc2cccc3c2NCCC3)c1. The van der Waals surface area contributed by atoms with Crippen molar-refractivity contribution in [2.45, 2.75) is 19.4 Å². The zero-order valence-corrected chi connectivity index (χ0v) is 12.1. The molecule has 1 aliphatic rings. The number of para-hydroxylation sites is 1. The van der Waals surface area contributed by atoms with Gasteiger partial charge in [0.05, 0.1) is 5.69 Å². The van der Waals surface area contributed by atoms with Gasteiger partial charge in [0.2, 0.25) is 0 Å². The standard InChI is InChI=1S/C15H15BrN2O/c16-13-7-11(8-17-9-13)10-19-14-5-1-3-12-4-2-6-18-15(12)14/h1,3,5,7-9,18H,2,4,6,10H2. The Bertz CT molecular complexity index is 586. The van der Waals surface area contributed by atoms with Crippen LogP contribution in [0.5, 0.6) is 5.75 Å². The van der Waals surface area contributed by atoms with Crippen LogP contribution in [0.15, 0.2) is 41.1 Å². The van der Waals surface area contributed by atoms with Gasteiger partial charge in [0.1, 0.15) is 12.4 Å². The summed E-state index contributed by atoms with van der Waals surface area (Å²) in [6.45, 7) is 1.55. The van der Waals surface area contributed by atoms with E-state index in [0.29, 0.717) is 6.61 Å². The number of nitrogens with one attached hydrogen (secondary N) is 1. The fourth-order valence-electron chi connectivity index (χ4n) is 2.29. The molecule has 1 aliphatic heterocycles. The highest BCUT2D eigenvalue weighted by atomic mass is 79.9. The summed E-state index contributed by atoms with van der Waals surface area (Å²) < 4.78 is 6.90. The van der Waals surface area contributed by atoms with Gasteiger partial charge in [-0.15, -0.1) is 0 Å². The molecule has 3 nitrogen and oxygen atoms in total. The molecule has 2 aromatic rings. The largest absolute Gasteiger partial charge is 0.487 e. The van der Waals surface area contributed by atoms with Crippen molar-refractivity contribution in [3.8, 4) is 5.75 Å². The number of nitrogens with zero attached hydrogens (tertiary/aromatic N) is 1. The van der Waals surface area contributed by atoms with E-state index < -0.39 is 0 Å². The lowest BCUT2D eigenvalue weighted by atomic mass is 10.0. The smallest absolute Gasteiger partial charge is 0.143 e. The number of benzene rings is 1. The molecule has 0 radical (unpaired) electrons. The first kappa shape index (κ1) is 12.5. The normalized spacial score (nSPS) is 13.5. The molecule has 0 fully saturated rings. The Morgan fingerprint density at radius 3 is 3.16 bits per heavy atom. The van der Waals surface area contributed by atoms with Crippen LogP contribution in [0.3, 0.4) is 0 Å². The van der Waals surface area contributed by atoms with Crippen molar-refractivity contribution in [3.05, 3.63) is 52.3 Å². The molecule has 0 aliphatic carbocycles. The Morgan fingerprint density at radius 2 is 2.26 bits per heavy atom. The topological polar surface area (TPSA) is 34.1 Å². The molecule has 19 heavy (non-hydrogen) atoms. The monoisotopic (exact) mass is 318 g/mol. The lowest BCUT2D eigenvalue weighted by molar-refractivity contribution is 0.306. The van der Waals surface area contributed by atoms with Gasteiger partial charge in [-0.05, 0) is 46.5 Å². The minimum absolute atomic E-state index is 0.532. The summed E-state index contributed by atoms with van der Waals surface area (Å²) in [6.07, 6.45) is 5.91. The maximum atomic E-state index is 5.92. The zero-order chi connectivity index (χ0) is 13.1. The van der Waals surface area contributed by atoms with Crippen LogP contribution in [0.4, 0.5) is 5.69 Å². The highest BCUT2D eigenvalue weighted by Gasteiger charge is 2.13. The molecule has 0 atom stereocenters. The van der Waals surface area contributed by atoms with Gasteiger partial charge in [0.25, 0.3) is 0 Å². The Hall–Kier alpha value is -1.55. The van der Waals surface area contributed by atoms with Gasteiger partial charge < -0.3 is 10.1 Å². The van der Waals surface area contributed by atoms with Crippen molar-refractivity contribution < 1.29 is 4.74 Å². The van der Waals surface area contributed by atoms with Gasteiger partial charge in [0, 0.05) is 29.0 Å². The van der Waals surface area contributed by atoms with Crippen LogP contribution in [0, 0.1) is 0 Å². The van der Waals surface area contributed by atoms with Crippen molar-refractivity contribution in [2.24, 2.45) is 0 Å². The van der Waals surface area contributed by atoms with Crippen LogP contribution < -0.4 is 10.1 Å². The molecule has 2 heterocycles. The van der Waals surface area contributed by atoms with Gasteiger partial charge in [-0.25, -0.2) is 0 Å². The molecule has 3 rings (SSSR count). The Kier molecular flexibility index (Phi) is 3.69. The number of halogens is 1. The number of aromatic nitrogens is 1. The maximum Gasteiger partial charge on any atom is 0.143 e. The summed E-state index contributed by atoms with van der Waals surface area (Å²) >= 11 is 3.42. The van der Waals surface area contributed by atoms with Crippen molar-refractivity contribution in [1.82, 2.24) is 4.98 Å². The van der Waals surface area contributed by atoms with E-state index >= 15 is 0 Å². The molecule has 0 saturated heterocycles. The summed E-state index contributed by atoms with van der Waals surface area (Å²) in [4.78, 5) is 4.14. The van der Waals surface area contributed by atoms with Gasteiger partial charge >= 0.3 is 0 Å². The van der Waals surface area contributed by atoms with E-state index in [9.17, 15) is 0 Å². The quantitative estimate of drug-likeness (QED) is 0.935. The van der Waals surface area contributed by atoms with Crippen molar-refractivity contribution in [2.75, 3.05) is 11.9 Å². The zero-order valence-electron chi connectivity index (χ0n) is 10.5. The van der Waals surface area contributed by atoms with Crippen molar-refractivity contribution in [1.29, 1.82) is 0 Å². The molecule has 4 heteroatoms. The third kappa shape index (κ3) is 2.89. The summed E-state index contributed by atoms with van der Waals surface area (Å²) in [5, 5.41) is 3.43. The average Bonchev–Trinajstić information content (AvgIpc) is 2.45. The first-order valence-corrected chi connectivity index (χ1v) is 7.20. The Balaban J connectivity index is 1.77. The lowest BCUT2D eigenvalue weighted by Gasteiger charge is -2.21. The molecule has 0 spiro atoms. The number of rotatable bonds is 3. The number of anilines is 1. The van der Waals surface area contributed by atoms with E-state index in [1.807, 2.05) is 18.3 Å². The van der Waals surface area contributed by atoms with E-state index in [-0.39, 0.29) is 0 Å². The number of ether oxygens (including phenoxy) is 1.